The van der Waals surface area contributed by atoms with Crippen molar-refractivity contribution in [1.82, 2.24) is 0 Å². The predicted octanol–water partition coefficient (Wildman–Crippen LogP) is 3.49. The highest BCUT2D eigenvalue weighted by molar-refractivity contribution is 6.46. The highest BCUT2D eigenvalue weighted by atomic mass is 35.5. The zero-order valence-electron chi connectivity index (χ0n) is 12.7. The Morgan fingerprint density at radius 1 is 1.08 bits per heavy atom. The third-order valence-corrected chi connectivity index (χ3v) is 3.68. The van der Waals surface area contributed by atoms with Crippen molar-refractivity contribution in [2.24, 2.45) is 0 Å². The van der Waals surface area contributed by atoms with Gasteiger partial charge < -0.3 is 15.4 Å². The van der Waals surface area contributed by atoms with Gasteiger partial charge in [0.1, 0.15) is 5.75 Å². The zero-order valence-corrected chi connectivity index (χ0v) is 14.2. The molecule has 2 aromatic carbocycles. The molecule has 2 aromatic rings. The van der Waals surface area contributed by atoms with Crippen LogP contribution in [0.25, 0.3) is 0 Å². The van der Waals surface area contributed by atoms with Crippen molar-refractivity contribution in [2.45, 2.75) is 0 Å². The summed E-state index contributed by atoms with van der Waals surface area (Å²) in [6.45, 7) is 0. The smallest absolute Gasteiger partial charge is 0.314 e. The van der Waals surface area contributed by atoms with E-state index in [1.54, 1.807) is 6.07 Å². The van der Waals surface area contributed by atoms with Crippen molar-refractivity contribution < 1.29 is 19.2 Å². The molecule has 8 nitrogen and oxygen atoms in total. The highest BCUT2D eigenvalue weighted by Gasteiger charge is 2.20. The first-order valence-electron chi connectivity index (χ1n) is 6.72. The van der Waals surface area contributed by atoms with Gasteiger partial charge >= 0.3 is 11.8 Å². The molecule has 10 heteroatoms. The third kappa shape index (κ3) is 4.37. The van der Waals surface area contributed by atoms with Crippen LogP contribution in [0, 0.1) is 10.1 Å². The average molecular weight is 384 g/mol. The van der Waals surface area contributed by atoms with E-state index in [-0.39, 0.29) is 32.9 Å². The Balaban J connectivity index is 2.16. The van der Waals surface area contributed by atoms with Gasteiger partial charge in [-0.2, -0.15) is 0 Å². The number of rotatable bonds is 4. The number of non-ortho nitro benzene ring substituents is 1. The SMILES string of the molecule is COc1cc([N+](=O)[O-])ccc1NC(=O)C(=O)Nc1c(Cl)cccc1Cl. The number of carbonyl (C=O) groups excluding carboxylic acids is 2. The first-order valence-corrected chi connectivity index (χ1v) is 7.48. The van der Waals surface area contributed by atoms with Crippen LogP contribution in [-0.4, -0.2) is 23.8 Å². The molecule has 0 fully saturated rings. The molecule has 0 radical (unpaired) electrons. The van der Waals surface area contributed by atoms with E-state index in [4.69, 9.17) is 27.9 Å². The Morgan fingerprint density at radius 2 is 1.68 bits per heavy atom. The number of ether oxygens (including phenoxy) is 1. The molecule has 2 N–H and O–H groups in total. The molecule has 0 spiro atoms. The number of nitrogens with one attached hydrogen (secondary N) is 2. The molecule has 0 aliphatic rings. The molecule has 0 aliphatic heterocycles. The van der Waals surface area contributed by atoms with E-state index in [0.29, 0.717) is 0 Å². The van der Waals surface area contributed by atoms with Gasteiger partial charge in [0.05, 0.1) is 39.5 Å². The van der Waals surface area contributed by atoms with E-state index < -0.39 is 16.7 Å². The van der Waals surface area contributed by atoms with Crippen LogP contribution < -0.4 is 15.4 Å². The molecule has 130 valence electrons. The lowest BCUT2D eigenvalue weighted by atomic mass is 10.2. The monoisotopic (exact) mass is 383 g/mol. The predicted molar refractivity (Wildman–Crippen MR) is 93.4 cm³/mol. The number of amides is 2. The van der Waals surface area contributed by atoms with Crippen molar-refractivity contribution in [3.63, 3.8) is 0 Å². The van der Waals surface area contributed by atoms with Gasteiger partial charge in [-0.25, -0.2) is 0 Å². The Morgan fingerprint density at radius 3 is 2.24 bits per heavy atom. The first-order chi connectivity index (χ1) is 11.8. The highest BCUT2D eigenvalue weighted by Crippen LogP contribution is 2.31. The number of anilines is 2. The van der Waals surface area contributed by atoms with Crippen molar-refractivity contribution in [2.75, 3.05) is 17.7 Å². The van der Waals surface area contributed by atoms with E-state index in [1.165, 1.54) is 31.4 Å². The minimum absolute atomic E-state index is 0.0334. The van der Waals surface area contributed by atoms with Crippen LogP contribution in [0.1, 0.15) is 0 Å². The molecule has 0 aliphatic carbocycles. The molecule has 0 unspecified atom stereocenters. The summed E-state index contributed by atoms with van der Waals surface area (Å²) in [5.41, 5.74) is -0.0256. The second kappa shape index (κ2) is 7.82. The molecule has 0 atom stereocenters. The molecule has 2 rings (SSSR count). The fourth-order valence-corrected chi connectivity index (χ4v) is 2.36. The summed E-state index contributed by atoms with van der Waals surface area (Å²) in [6.07, 6.45) is 0. The largest absolute Gasteiger partial charge is 0.494 e. The standard InChI is InChI=1S/C15H11Cl2N3O5/c1-25-12-7-8(20(23)24)5-6-11(12)18-14(21)15(22)19-13-9(16)3-2-4-10(13)17/h2-7H,1H3,(H,18,21)(H,19,22). The number of benzene rings is 2. The second-order valence-corrected chi connectivity index (χ2v) is 5.46. The lowest BCUT2D eigenvalue weighted by Gasteiger charge is -2.11. The Bertz CT molecular complexity index is 837. The van der Waals surface area contributed by atoms with Crippen LogP contribution in [-0.2, 0) is 9.59 Å². The summed E-state index contributed by atoms with van der Waals surface area (Å²) in [7, 11) is 1.28. The topological polar surface area (TPSA) is 111 Å². The third-order valence-electron chi connectivity index (χ3n) is 3.05. The molecule has 0 heterocycles. The number of nitro groups is 1. The molecule has 0 bridgehead atoms. The molecule has 2 amide bonds. The lowest BCUT2D eigenvalue weighted by Crippen LogP contribution is -2.29. The van der Waals surface area contributed by atoms with Gasteiger partial charge in [-0.15, -0.1) is 0 Å². The van der Waals surface area contributed by atoms with E-state index in [2.05, 4.69) is 10.6 Å². The maximum Gasteiger partial charge on any atom is 0.314 e. The van der Waals surface area contributed by atoms with Gasteiger partial charge in [-0.1, -0.05) is 29.3 Å². The number of hydrogen-bond donors (Lipinski definition) is 2. The summed E-state index contributed by atoms with van der Waals surface area (Å²) in [4.78, 5) is 34.2. The van der Waals surface area contributed by atoms with E-state index in [9.17, 15) is 19.7 Å². The summed E-state index contributed by atoms with van der Waals surface area (Å²) in [5, 5.41) is 15.7. The van der Waals surface area contributed by atoms with E-state index in [0.717, 1.165) is 6.07 Å². The van der Waals surface area contributed by atoms with Gasteiger partial charge in [0, 0.05) is 6.07 Å². The molecule has 0 aromatic heterocycles. The Labute approximate surface area is 151 Å². The lowest BCUT2D eigenvalue weighted by molar-refractivity contribution is -0.384. The van der Waals surface area contributed by atoms with Gasteiger partial charge in [-0.3, -0.25) is 19.7 Å². The number of carbonyl (C=O) groups is 2. The minimum atomic E-state index is -1.02. The summed E-state index contributed by atoms with van der Waals surface area (Å²) >= 11 is 11.8. The number of nitro benzene ring substituents is 1. The number of para-hydroxylation sites is 1. The average Bonchev–Trinajstić information content (AvgIpc) is 2.58. The molecular formula is C15H11Cl2N3O5. The van der Waals surface area contributed by atoms with Crippen LogP contribution in [0.2, 0.25) is 10.0 Å². The zero-order chi connectivity index (χ0) is 18.6. The molecule has 0 saturated heterocycles. The van der Waals surface area contributed by atoms with Gasteiger partial charge in [0.25, 0.3) is 5.69 Å². The van der Waals surface area contributed by atoms with Crippen LogP contribution in [0.5, 0.6) is 5.75 Å². The summed E-state index contributed by atoms with van der Waals surface area (Å²) in [5.74, 6) is -2.01. The number of halogens is 2. The fourth-order valence-electron chi connectivity index (χ4n) is 1.86. The van der Waals surface area contributed by atoms with Crippen molar-refractivity contribution in [1.29, 1.82) is 0 Å². The Kier molecular flexibility index (Phi) is 5.79. The number of hydrogen-bond acceptors (Lipinski definition) is 5. The van der Waals surface area contributed by atoms with Gasteiger partial charge in [0.15, 0.2) is 0 Å². The summed E-state index contributed by atoms with van der Waals surface area (Å²) < 4.78 is 4.98. The molecule has 25 heavy (non-hydrogen) atoms. The number of methoxy groups -OCH3 is 1. The normalized spacial score (nSPS) is 10.0. The van der Waals surface area contributed by atoms with Gasteiger partial charge in [0.2, 0.25) is 0 Å². The van der Waals surface area contributed by atoms with Crippen LogP contribution in [0.15, 0.2) is 36.4 Å². The fraction of sp³-hybridized carbons (Fsp3) is 0.0667. The van der Waals surface area contributed by atoms with Crippen molar-refractivity contribution in [3.05, 3.63) is 56.6 Å². The molecular weight excluding hydrogens is 373 g/mol. The Hall–Kier alpha value is -2.84. The van der Waals surface area contributed by atoms with Crippen LogP contribution >= 0.6 is 23.2 Å². The first kappa shape index (κ1) is 18.5. The van der Waals surface area contributed by atoms with Gasteiger partial charge in [-0.05, 0) is 18.2 Å². The quantitative estimate of drug-likeness (QED) is 0.476. The van der Waals surface area contributed by atoms with E-state index >= 15 is 0 Å². The summed E-state index contributed by atoms with van der Waals surface area (Å²) in [6, 6.07) is 8.13. The second-order valence-electron chi connectivity index (χ2n) is 4.65. The molecule has 0 saturated carbocycles. The minimum Gasteiger partial charge on any atom is -0.494 e. The maximum absolute atomic E-state index is 12.0. The van der Waals surface area contributed by atoms with E-state index in [1.807, 2.05) is 0 Å². The van der Waals surface area contributed by atoms with Crippen LogP contribution in [0.4, 0.5) is 17.1 Å². The van der Waals surface area contributed by atoms with Crippen molar-refractivity contribution >= 4 is 52.1 Å². The van der Waals surface area contributed by atoms with Crippen molar-refractivity contribution in [3.8, 4) is 5.75 Å². The number of nitrogens with zero attached hydrogens (tertiary/aromatic N) is 1. The van der Waals surface area contributed by atoms with Crippen LogP contribution in [0.3, 0.4) is 0 Å². The maximum atomic E-state index is 12.0.